The number of ether oxygens (including phenoxy) is 1. The standard InChI is InChI=1S/C10H9BrFNO4S/c1-17-3-2-13-10(14)6-4-8(12)7(11)5-9(6)18(13,15)16/h4-5H,2-3H2,1H3. The number of carbonyl (C=O) groups is 1. The van der Waals surface area contributed by atoms with E-state index in [9.17, 15) is 17.6 Å². The maximum absolute atomic E-state index is 13.3. The third-order valence-corrected chi connectivity index (χ3v) is 4.98. The van der Waals surface area contributed by atoms with E-state index in [4.69, 9.17) is 4.74 Å². The lowest BCUT2D eigenvalue weighted by Crippen LogP contribution is -2.33. The quantitative estimate of drug-likeness (QED) is 0.835. The predicted octanol–water partition coefficient (Wildman–Crippen LogP) is 1.38. The highest BCUT2D eigenvalue weighted by Gasteiger charge is 2.41. The third kappa shape index (κ3) is 1.94. The molecule has 1 aromatic rings. The molecule has 8 heteroatoms. The van der Waals surface area contributed by atoms with Crippen molar-refractivity contribution in [3.63, 3.8) is 0 Å². The van der Waals surface area contributed by atoms with Gasteiger partial charge in [-0.05, 0) is 28.1 Å². The number of rotatable bonds is 3. The maximum Gasteiger partial charge on any atom is 0.269 e. The molecule has 0 saturated heterocycles. The Bertz CT molecular complexity index is 617. The molecule has 0 saturated carbocycles. The first-order valence-corrected chi connectivity index (χ1v) is 7.18. The SMILES string of the molecule is COCCN1C(=O)c2cc(F)c(Br)cc2S1(=O)=O. The topological polar surface area (TPSA) is 63.7 Å². The summed E-state index contributed by atoms with van der Waals surface area (Å²) in [4.78, 5) is 11.7. The molecule has 18 heavy (non-hydrogen) atoms. The Morgan fingerprint density at radius 2 is 2.11 bits per heavy atom. The van der Waals surface area contributed by atoms with Crippen molar-refractivity contribution in [2.45, 2.75) is 4.90 Å². The van der Waals surface area contributed by atoms with Gasteiger partial charge in [-0.25, -0.2) is 17.1 Å². The summed E-state index contributed by atoms with van der Waals surface area (Å²) in [6.45, 7) is -0.00576. The minimum Gasteiger partial charge on any atom is -0.383 e. The molecular weight excluding hydrogens is 329 g/mol. The Kier molecular flexibility index (Phi) is 3.43. The van der Waals surface area contributed by atoms with Gasteiger partial charge in [0.1, 0.15) is 10.7 Å². The van der Waals surface area contributed by atoms with Crippen molar-refractivity contribution in [1.82, 2.24) is 4.31 Å². The number of halogens is 2. The number of hydrogen-bond acceptors (Lipinski definition) is 4. The average Bonchev–Trinajstić information content (AvgIpc) is 2.47. The first-order valence-electron chi connectivity index (χ1n) is 4.94. The largest absolute Gasteiger partial charge is 0.383 e. The molecule has 2 rings (SSSR count). The Morgan fingerprint density at radius 3 is 2.72 bits per heavy atom. The molecule has 1 heterocycles. The monoisotopic (exact) mass is 337 g/mol. The van der Waals surface area contributed by atoms with Crippen molar-refractivity contribution in [3.8, 4) is 0 Å². The van der Waals surface area contributed by atoms with Crippen molar-refractivity contribution in [2.75, 3.05) is 20.3 Å². The van der Waals surface area contributed by atoms with Gasteiger partial charge in [0.2, 0.25) is 0 Å². The zero-order valence-corrected chi connectivity index (χ0v) is 11.7. The van der Waals surface area contributed by atoms with Crippen LogP contribution >= 0.6 is 15.9 Å². The van der Waals surface area contributed by atoms with Crippen LogP contribution < -0.4 is 0 Å². The van der Waals surface area contributed by atoms with Crippen LogP contribution in [0.25, 0.3) is 0 Å². The van der Waals surface area contributed by atoms with E-state index in [0.717, 1.165) is 12.1 Å². The molecule has 0 radical (unpaired) electrons. The molecule has 0 unspecified atom stereocenters. The number of fused-ring (bicyclic) bond motifs is 1. The highest BCUT2D eigenvalue weighted by molar-refractivity contribution is 9.10. The van der Waals surface area contributed by atoms with Gasteiger partial charge >= 0.3 is 0 Å². The first-order chi connectivity index (χ1) is 8.39. The molecule has 0 spiro atoms. The van der Waals surface area contributed by atoms with Gasteiger partial charge in [-0.1, -0.05) is 0 Å². The summed E-state index contributed by atoms with van der Waals surface area (Å²) in [6, 6.07) is 2.02. The molecule has 1 aromatic carbocycles. The van der Waals surface area contributed by atoms with Crippen molar-refractivity contribution in [1.29, 1.82) is 0 Å². The minimum atomic E-state index is -3.90. The second-order valence-corrected chi connectivity index (χ2v) is 6.32. The zero-order valence-electron chi connectivity index (χ0n) is 9.31. The molecule has 0 bridgehead atoms. The number of sulfonamides is 1. The van der Waals surface area contributed by atoms with Crippen LogP contribution in [0.2, 0.25) is 0 Å². The summed E-state index contributed by atoms with van der Waals surface area (Å²) in [5.41, 5.74) is -0.146. The summed E-state index contributed by atoms with van der Waals surface area (Å²) in [5.74, 6) is -1.40. The van der Waals surface area contributed by atoms with Crippen LogP contribution in [0.15, 0.2) is 21.5 Å². The highest BCUT2D eigenvalue weighted by atomic mass is 79.9. The number of amides is 1. The van der Waals surface area contributed by atoms with E-state index in [1.165, 1.54) is 7.11 Å². The van der Waals surface area contributed by atoms with Gasteiger partial charge in [0.25, 0.3) is 15.9 Å². The number of benzene rings is 1. The Morgan fingerprint density at radius 1 is 1.44 bits per heavy atom. The van der Waals surface area contributed by atoms with Gasteiger partial charge in [0.05, 0.1) is 23.2 Å². The van der Waals surface area contributed by atoms with Crippen molar-refractivity contribution >= 4 is 31.9 Å². The normalized spacial score (nSPS) is 17.1. The fourth-order valence-corrected chi connectivity index (χ4v) is 3.72. The van der Waals surface area contributed by atoms with E-state index in [-0.39, 0.29) is 28.1 Å². The minimum absolute atomic E-state index is 0.00576. The number of nitrogens with zero attached hydrogens (tertiary/aromatic N) is 1. The van der Waals surface area contributed by atoms with E-state index in [1.807, 2.05) is 0 Å². The number of hydrogen-bond donors (Lipinski definition) is 0. The second-order valence-electron chi connectivity index (χ2n) is 3.64. The van der Waals surface area contributed by atoms with Crippen molar-refractivity contribution in [3.05, 3.63) is 28.0 Å². The van der Waals surface area contributed by atoms with Crippen molar-refractivity contribution in [2.24, 2.45) is 0 Å². The third-order valence-electron chi connectivity index (χ3n) is 2.55. The Balaban J connectivity index is 2.54. The van der Waals surface area contributed by atoms with E-state index in [2.05, 4.69) is 15.9 Å². The fourth-order valence-electron chi connectivity index (χ4n) is 1.67. The molecule has 0 N–H and O–H groups in total. The molecular formula is C10H9BrFNO4S. The summed E-state index contributed by atoms with van der Waals surface area (Å²) in [7, 11) is -2.50. The summed E-state index contributed by atoms with van der Waals surface area (Å²) in [5, 5.41) is 0. The van der Waals surface area contributed by atoms with Crippen LogP contribution in [0.3, 0.4) is 0 Å². The van der Waals surface area contributed by atoms with Gasteiger partial charge in [-0.15, -0.1) is 0 Å². The molecule has 0 atom stereocenters. The van der Waals surface area contributed by atoms with Gasteiger partial charge < -0.3 is 4.74 Å². The maximum atomic E-state index is 13.3. The van der Waals surface area contributed by atoms with Crippen LogP contribution in [0.4, 0.5) is 4.39 Å². The van der Waals surface area contributed by atoms with E-state index >= 15 is 0 Å². The number of carbonyl (C=O) groups excluding carboxylic acids is 1. The molecule has 1 amide bonds. The number of methoxy groups -OCH3 is 1. The predicted molar refractivity (Wildman–Crippen MR) is 64.2 cm³/mol. The fraction of sp³-hybridized carbons (Fsp3) is 0.300. The van der Waals surface area contributed by atoms with E-state index < -0.39 is 21.7 Å². The summed E-state index contributed by atoms with van der Waals surface area (Å²) >= 11 is 2.90. The van der Waals surface area contributed by atoms with Crippen molar-refractivity contribution < 1.29 is 22.3 Å². The van der Waals surface area contributed by atoms with Gasteiger partial charge in [0, 0.05) is 7.11 Å². The molecule has 98 valence electrons. The van der Waals surface area contributed by atoms with Gasteiger partial charge in [0.15, 0.2) is 0 Å². The molecule has 1 aliphatic rings. The smallest absolute Gasteiger partial charge is 0.269 e. The lowest BCUT2D eigenvalue weighted by molar-refractivity contribution is 0.0836. The molecule has 1 aliphatic heterocycles. The summed E-state index contributed by atoms with van der Waals surface area (Å²) in [6.07, 6.45) is 0. The first kappa shape index (κ1) is 13.4. The van der Waals surface area contributed by atoms with Crippen LogP contribution in [0.1, 0.15) is 10.4 Å². The van der Waals surface area contributed by atoms with Crippen LogP contribution in [-0.2, 0) is 14.8 Å². The lowest BCUT2D eigenvalue weighted by atomic mass is 10.2. The molecule has 0 aromatic heterocycles. The van der Waals surface area contributed by atoms with Gasteiger partial charge in [-0.3, -0.25) is 4.79 Å². The van der Waals surface area contributed by atoms with Crippen LogP contribution in [0, 0.1) is 5.82 Å². The molecule has 5 nitrogen and oxygen atoms in total. The van der Waals surface area contributed by atoms with E-state index in [1.54, 1.807) is 0 Å². The van der Waals surface area contributed by atoms with E-state index in [0.29, 0.717) is 4.31 Å². The molecule has 0 aliphatic carbocycles. The summed E-state index contributed by atoms with van der Waals surface area (Å²) < 4.78 is 42.9. The van der Waals surface area contributed by atoms with Crippen LogP contribution in [0.5, 0.6) is 0 Å². The lowest BCUT2D eigenvalue weighted by Gasteiger charge is -2.13. The molecule has 0 fully saturated rings. The average molecular weight is 338 g/mol. The van der Waals surface area contributed by atoms with Gasteiger partial charge in [-0.2, -0.15) is 0 Å². The zero-order chi connectivity index (χ0) is 13.5. The highest BCUT2D eigenvalue weighted by Crippen LogP contribution is 2.33. The Hall–Kier alpha value is -0.990. The Labute approximate surface area is 112 Å². The van der Waals surface area contributed by atoms with Crippen LogP contribution in [-0.4, -0.2) is 38.9 Å². The second kappa shape index (κ2) is 4.60.